The predicted molar refractivity (Wildman–Crippen MR) is 98.0 cm³/mol. The molecule has 26 heavy (non-hydrogen) atoms. The largest absolute Gasteiger partial charge is 0.368 e. The number of hydrogen-bond donors (Lipinski definition) is 1. The van der Waals surface area contributed by atoms with E-state index in [1.165, 1.54) is 10.2 Å². The number of carbonyl (C=O) groups excluding carboxylic acids is 1. The Hall–Kier alpha value is -3.22. The molecular weight excluding hydrogens is 330 g/mol. The molecular formula is C19H21N5O2. The number of rotatable bonds is 6. The number of para-hydroxylation sites is 1. The van der Waals surface area contributed by atoms with E-state index in [4.69, 9.17) is 0 Å². The fourth-order valence-electron chi connectivity index (χ4n) is 2.70. The minimum absolute atomic E-state index is 0.108. The van der Waals surface area contributed by atoms with E-state index in [2.05, 4.69) is 15.7 Å². The Morgan fingerprint density at radius 3 is 2.42 bits per heavy atom. The van der Waals surface area contributed by atoms with E-state index in [1.54, 1.807) is 24.3 Å². The third kappa shape index (κ3) is 3.88. The van der Waals surface area contributed by atoms with Crippen LogP contribution >= 0.6 is 0 Å². The van der Waals surface area contributed by atoms with Crippen LogP contribution in [-0.2, 0) is 11.3 Å². The number of tetrazole rings is 1. The minimum atomic E-state index is -0.449. The van der Waals surface area contributed by atoms with E-state index in [9.17, 15) is 9.59 Å². The zero-order valence-electron chi connectivity index (χ0n) is 14.8. The molecule has 0 aliphatic rings. The summed E-state index contributed by atoms with van der Waals surface area (Å²) in [7, 11) is 0. The summed E-state index contributed by atoms with van der Waals surface area (Å²) in [5, 5.41) is 10.6. The first-order chi connectivity index (χ1) is 12.6. The van der Waals surface area contributed by atoms with Gasteiger partial charge >= 0.3 is 5.69 Å². The van der Waals surface area contributed by atoms with Gasteiger partial charge < -0.3 is 5.32 Å². The Balaban J connectivity index is 1.71. The van der Waals surface area contributed by atoms with E-state index >= 15 is 0 Å². The van der Waals surface area contributed by atoms with Crippen molar-refractivity contribution < 1.29 is 4.79 Å². The summed E-state index contributed by atoms with van der Waals surface area (Å²) in [6.45, 7) is 3.85. The molecule has 134 valence electrons. The molecule has 7 nitrogen and oxygen atoms in total. The van der Waals surface area contributed by atoms with Crippen LogP contribution in [-0.4, -0.2) is 25.7 Å². The van der Waals surface area contributed by atoms with Gasteiger partial charge in [-0.05, 0) is 41.5 Å². The van der Waals surface area contributed by atoms with Crippen molar-refractivity contribution in [2.75, 3.05) is 0 Å². The fraction of sp³-hybridized carbons (Fsp3) is 0.263. The highest BCUT2D eigenvalue weighted by Gasteiger charge is 2.16. The zero-order valence-corrected chi connectivity index (χ0v) is 14.8. The maximum atomic E-state index is 12.4. The predicted octanol–water partition coefficient (Wildman–Crippen LogP) is 2.00. The lowest BCUT2D eigenvalue weighted by Crippen LogP contribution is -2.35. The van der Waals surface area contributed by atoms with E-state index in [1.807, 2.05) is 44.2 Å². The quantitative estimate of drug-likeness (QED) is 0.736. The van der Waals surface area contributed by atoms with E-state index < -0.39 is 5.69 Å². The second kappa shape index (κ2) is 7.77. The highest BCUT2D eigenvalue weighted by atomic mass is 16.2. The smallest absolute Gasteiger partial charge is 0.348 e. The number of aryl methyl sites for hydroxylation is 1. The molecule has 1 atom stereocenters. The van der Waals surface area contributed by atoms with Crippen molar-refractivity contribution in [2.24, 2.45) is 0 Å². The van der Waals surface area contributed by atoms with Crippen LogP contribution in [0.15, 0.2) is 59.4 Å². The van der Waals surface area contributed by atoms with Crippen molar-refractivity contribution in [1.82, 2.24) is 25.1 Å². The van der Waals surface area contributed by atoms with Crippen molar-refractivity contribution in [3.05, 3.63) is 76.2 Å². The molecule has 0 bridgehead atoms. The van der Waals surface area contributed by atoms with Gasteiger partial charge in [0.05, 0.1) is 11.7 Å². The van der Waals surface area contributed by atoms with Gasteiger partial charge in [0, 0.05) is 0 Å². The van der Waals surface area contributed by atoms with Crippen molar-refractivity contribution >= 4 is 5.91 Å². The Morgan fingerprint density at radius 1 is 1.08 bits per heavy atom. The van der Waals surface area contributed by atoms with Crippen molar-refractivity contribution in [2.45, 2.75) is 32.9 Å². The molecule has 0 aliphatic heterocycles. The molecule has 0 saturated carbocycles. The standard InChI is InChI=1S/C19H21N5O2/c1-3-17(15-11-9-14(2)10-12-15)20-18(25)13-23-19(26)24(22-21-23)16-7-5-4-6-8-16/h4-12,17H,3,13H2,1-2H3,(H,20,25)/t17-/m1/s1. The molecule has 0 spiro atoms. The molecule has 0 fully saturated rings. The Bertz CT molecular complexity index is 929. The third-order valence-corrected chi connectivity index (χ3v) is 4.16. The summed E-state index contributed by atoms with van der Waals surface area (Å²) < 4.78 is 2.23. The Kier molecular flexibility index (Phi) is 5.26. The normalized spacial score (nSPS) is 11.9. The summed E-state index contributed by atoms with van der Waals surface area (Å²) in [4.78, 5) is 24.8. The van der Waals surface area contributed by atoms with E-state index in [0.29, 0.717) is 5.69 Å². The van der Waals surface area contributed by atoms with Crippen LogP contribution in [0.25, 0.3) is 5.69 Å². The van der Waals surface area contributed by atoms with Gasteiger partial charge in [-0.25, -0.2) is 4.79 Å². The first-order valence-electron chi connectivity index (χ1n) is 8.52. The third-order valence-electron chi connectivity index (χ3n) is 4.16. The molecule has 1 aromatic heterocycles. The molecule has 0 unspecified atom stereocenters. The molecule has 0 aliphatic carbocycles. The van der Waals surface area contributed by atoms with Crippen LogP contribution in [0.4, 0.5) is 0 Å². The van der Waals surface area contributed by atoms with Gasteiger partial charge in [0.1, 0.15) is 6.54 Å². The average molecular weight is 351 g/mol. The van der Waals surface area contributed by atoms with Crippen LogP contribution < -0.4 is 11.0 Å². The molecule has 1 heterocycles. The minimum Gasteiger partial charge on any atom is -0.348 e. The number of carbonyl (C=O) groups is 1. The van der Waals surface area contributed by atoms with Crippen molar-refractivity contribution in [3.8, 4) is 5.69 Å². The van der Waals surface area contributed by atoms with Gasteiger partial charge in [-0.3, -0.25) is 4.79 Å². The fourth-order valence-corrected chi connectivity index (χ4v) is 2.70. The van der Waals surface area contributed by atoms with Crippen LogP contribution in [0.3, 0.4) is 0 Å². The Labute approximate surface area is 151 Å². The summed E-state index contributed by atoms with van der Waals surface area (Å²) >= 11 is 0. The van der Waals surface area contributed by atoms with Gasteiger partial charge in [0.25, 0.3) is 0 Å². The van der Waals surface area contributed by atoms with E-state index in [-0.39, 0.29) is 18.5 Å². The molecule has 1 N–H and O–H groups in total. The van der Waals surface area contributed by atoms with Crippen molar-refractivity contribution in [1.29, 1.82) is 0 Å². The molecule has 0 radical (unpaired) electrons. The molecule has 3 aromatic rings. The number of nitrogens with zero attached hydrogens (tertiary/aromatic N) is 4. The summed E-state index contributed by atoms with van der Waals surface area (Å²) in [6, 6.07) is 16.9. The summed E-state index contributed by atoms with van der Waals surface area (Å²) in [5.41, 5.74) is 2.36. The average Bonchev–Trinajstić information content (AvgIpc) is 3.01. The highest BCUT2D eigenvalue weighted by Crippen LogP contribution is 2.17. The van der Waals surface area contributed by atoms with Crippen LogP contribution in [0.1, 0.15) is 30.5 Å². The zero-order chi connectivity index (χ0) is 18.5. The first-order valence-corrected chi connectivity index (χ1v) is 8.52. The topological polar surface area (TPSA) is 81.8 Å². The van der Waals surface area contributed by atoms with Crippen LogP contribution in [0, 0.1) is 6.92 Å². The number of hydrogen-bond acceptors (Lipinski definition) is 4. The van der Waals surface area contributed by atoms with Gasteiger partial charge in [0.2, 0.25) is 5.91 Å². The van der Waals surface area contributed by atoms with Crippen LogP contribution in [0.5, 0.6) is 0 Å². The van der Waals surface area contributed by atoms with Gasteiger partial charge in [-0.1, -0.05) is 55.0 Å². The summed E-state index contributed by atoms with van der Waals surface area (Å²) in [5.74, 6) is -0.278. The first kappa shape index (κ1) is 17.6. The van der Waals surface area contributed by atoms with Gasteiger partial charge in [-0.2, -0.15) is 9.36 Å². The second-order valence-electron chi connectivity index (χ2n) is 6.11. The molecule has 2 aromatic carbocycles. The molecule has 7 heteroatoms. The highest BCUT2D eigenvalue weighted by molar-refractivity contribution is 5.76. The van der Waals surface area contributed by atoms with E-state index in [0.717, 1.165) is 16.7 Å². The number of nitrogens with one attached hydrogen (secondary N) is 1. The number of amides is 1. The second-order valence-corrected chi connectivity index (χ2v) is 6.11. The van der Waals surface area contributed by atoms with Crippen LogP contribution in [0.2, 0.25) is 0 Å². The lowest BCUT2D eigenvalue weighted by atomic mass is 10.0. The number of aromatic nitrogens is 4. The summed E-state index contributed by atoms with van der Waals surface area (Å²) in [6.07, 6.45) is 0.750. The van der Waals surface area contributed by atoms with Crippen molar-refractivity contribution in [3.63, 3.8) is 0 Å². The SMILES string of the molecule is CC[C@@H](NC(=O)Cn1nnn(-c2ccccc2)c1=O)c1ccc(C)cc1. The monoisotopic (exact) mass is 351 g/mol. The van der Waals surface area contributed by atoms with Gasteiger partial charge in [0.15, 0.2) is 0 Å². The maximum absolute atomic E-state index is 12.4. The lowest BCUT2D eigenvalue weighted by molar-refractivity contribution is -0.122. The molecule has 0 saturated heterocycles. The maximum Gasteiger partial charge on any atom is 0.368 e. The number of benzene rings is 2. The molecule has 1 amide bonds. The van der Waals surface area contributed by atoms with Gasteiger partial charge in [-0.15, -0.1) is 0 Å². The Morgan fingerprint density at radius 2 is 1.77 bits per heavy atom. The lowest BCUT2D eigenvalue weighted by Gasteiger charge is -2.17. The molecule has 3 rings (SSSR count).